The van der Waals surface area contributed by atoms with Crippen LogP contribution in [-0.4, -0.2) is 37.2 Å². The van der Waals surface area contributed by atoms with Gasteiger partial charge in [-0.05, 0) is 25.3 Å². The summed E-state index contributed by atoms with van der Waals surface area (Å²) < 4.78 is 47.3. The van der Waals surface area contributed by atoms with Crippen molar-refractivity contribution in [1.82, 2.24) is 19.7 Å². The van der Waals surface area contributed by atoms with Crippen LogP contribution in [0.1, 0.15) is 25.5 Å². The minimum Gasteiger partial charge on any atom is -0.610 e. The van der Waals surface area contributed by atoms with Crippen molar-refractivity contribution in [2.45, 2.75) is 30.5 Å². The number of hydrogen-bond acceptors (Lipinski definition) is 5. The Kier molecular flexibility index (Phi) is 4.60. The second kappa shape index (κ2) is 6.90. The average molecular weight is 378 g/mol. The number of hydrogen-bond donors (Lipinski definition) is 0. The standard InChI is InChI=1S/C17H16F2N4O2S/c1-26(24)17-12(19)9-20-16(21-17)14-10-5-4-6-11(18)15(10)23(22-14)13-7-2-3-8-25-13/h4-6,9,13H,2-3,7-8H2,1H3/t13?,26-/m0/s1. The van der Waals surface area contributed by atoms with Crippen LogP contribution in [0.3, 0.4) is 0 Å². The number of aromatic nitrogens is 4. The molecular weight excluding hydrogens is 362 g/mol. The number of benzene rings is 1. The molecule has 0 radical (unpaired) electrons. The van der Waals surface area contributed by atoms with Gasteiger partial charge in [0.05, 0.1) is 6.20 Å². The van der Waals surface area contributed by atoms with Gasteiger partial charge in [0.2, 0.25) is 5.82 Å². The SMILES string of the molecule is C[S@+]([O-])c1nc(-c2nn(C3CCCCO3)c3c(F)cccc23)ncc1F. The van der Waals surface area contributed by atoms with E-state index in [1.807, 2.05) is 0 Å². The van der Waals surface area contributed by atoms with Crippen LogP contribution in [0.25, 0.3) is 22.4 Å². The molecule has 26 heavy (non-hydrogen) atoms. The molecule has 0 amide bonds. The van der Waals surface area contributed by atoms with Crippen molar-refractivity contribution >= 4 is 22.1 Å². The molecule has 1 aromatic carbocycles. The molecule has 0 N–H and O–H groups in total. The van der Waals surface area contributed by atoms with Gasteiger partial charge in [0.1, 0.15) is 23.3 Å². The van der Waals surface area contributed by atoms with Gasteiger partial charge in [-0.3, -0.25) is 0 Å². The average Bonchev–Trinajstić information content (AvgIpc) is 3.04. The highest BCUT2D eigenvalue weighted by molar-refractivity contribution is 7.90. The zero-order chi connectivity index (χ0) is 18.3. The Morgan fingerprint density at radius 3 is 2.85 bits per heavy atom. The summed E-state index contributed by atoms with van der Waals surface area (Å²) in [6, 6.07) is 4.62. The lowest BCUT2D eigenvalue weighted by Gasteiger charge is -2.23. The molecule has 1 saturated heterocycles. The first-order valence-electron chi connectivity index (χ1n) is 8.21. The number of fused-ring (bicyclic) bond motifs is 1. The normalized spacial score (nSPS) is 19.0. The fraction of sp³-hybridized carbons (Fsp3) is 0.353. The topological polar surface area (TPSA) is 75.9 Å². The molecule has 6 nitrogen and oxygen atoms in total. The van der Waals surface area contributed by atoms with E-state index in [1.54, 1.807) is 12.1 Å². The monoisotopic (exact) mass is 378 g/mol. The van der Waals surface area contributed by atoms with Gasteiger partial charge in [-0.2, -0.15) is 14.5 Å². The van der Waals surface area contributed by atoms with Crippen molar-refractivity contribution < 1.29 is 18.1 Å². The highest BCUT2D eigenvalue weighted by atomic mass is 32.2. The third kappa shape index (κ3) is 2.95. The molecular formula is C17H16F2N4O2S. The fourth-order valence-corrected chi connectivity index (χ4v) is 3.65. The number of ether oxygens (including phenoxy) is 1. The lowest BCUT2D eigenvalue weighted by Crippen LogP contribution is -2.19. The lowest BCUT2D eigenvalue weighted by atomic mass is 10.1. The van der Waals surface area contributed by atoms with Gasteiger partial charge in [0.15, 0.2) is 12.1 Å². The molecule has 2 aromatic heterocycles. The van der Waals surface area contributed by atoms with Gasteiger partial charge in [-0.1, -0.05) is 12.1 Å². The predicted molar refractivity (Wildman–Crippen MR) is 91.8 cm³/mol. The van der Waals surface area contributed by atoms with Crippen LogP contribution >= 0.6 is 0 Å². The molecule has 0 aliphatic carbocycles. The summed E-state index contributed by atoms with van der Waals surface area (Å²) in [7, 11) is 0. The van der Waals surface area contributed by atoms with E-state index in [0.29, 0.717) is 23.2 Å². The molecule has 1 aliphatic heterocycles. The van der Waals surface area contributed by atoms with Crippen molar-refractivity contribution in [1.29, 1.82) is 0 Å². The maximum Gasteiger partial charge on any atom is 0.284 e. The van der Waals surface area contributed by atoms with Crippen LogP contribution in [0.15, 0.2) is 29.4 Å². The van der Waals surface area contributed by atoms with E-state index in [0.717, 1.165) is 25.5 Å². The Hall–Kier alpha value is -2.10. The van der Waals surface area contributed by atoms with Crippen LogP contribution in [0.2, 0.25) is 0 Å². The Bertz CT molecular complexity index is 957. The van der Waals surface area contributed by atoms with E-state index in [4.69, 9.17) is 4.74 Å². The van der Waals surface area contributed by atoms with Crippen molar-refractivity contribution in [3.63, 3.8) is 0 Å². The summed E-state index contributed by atoms with van der Waals surface area (Å²) >= 11 is -1.62. The van der Waals surface area contributed by atoms with E-state index in [2.05, 4.69) is 15.1 Å². The third-order valence-electron chi connectivity index (χ3n) is 4.30. The Morgan fingerprint density at radius 1 is 1.27 bits per heavy atom. The van der Waals surface area contributed by atoms with Crippen LogP contribution in [-0.2, 0) is 15.9 Å². The number of rotatable bonds is 3. The Morgan fingerprint density at radius 2 is 2.12 bits per heavy atom. The smallest absolute Gasteiger partial charge is 0.284 e. The molecule has 9 heteroatoms. The maximum absolute atomic E-state index is 14.5. The minimum absolute atomic E-state index is 0.0989. The minimum atomic E-state index is -1.62. The molecule has 0 bridgehead atoms. The van der Waals surface area contributed by atoms with E-state index >= 15 is 0 Å². The molecule has 1 unspecified atom stereocenters. The van der Waals surface area contributed by atoms with Gasteiger partial charge in [0.25, 0.3) is 5.03 Å². The summed E-state index contributed by atoms with van der Waals surface area (Å²) in [5, 5.41) is 4.77. The van der Waals surface area contributed by atoms with Gasteiger partial charge in [0, 0.05) is 23.2 Å². The molecule has 3 heterocycles. The van der Waals surface area contributed by atoms with Crippen LogP contribution in [0.4, 0.5) is 8.78 Å². The zero-order valence-electron chi connectivity index (χ0n) is 14.0. The molecule has 136 valence electrons. The van der Waals surface area contributed by atoms with Gasteiger partial charge >= 0.3 is 0 Å². The van der Waals surface area contributed by atoms with Crippen LogP contribution < -0.4 is 0 Å². The largest absolute Gasteiger partial charge is 0.610 e. The molecule has 0 spiro atoms. The molecule has 0 saturated carbocycles. The molecule has 2 atom stereocenters. The van der Waals surface area contributed by atoms with E-state index in [1.165, 1.54) is 17.0 Å². The van der Waals surface area contributed by atoms with Crippen molar-refractivity contribution in [3.05, 3.63) is 36.0 Å². The second-order valence-corrected chi connectivity index (χ2v) is 7.35. The summed E-state index contributed by atoms with van der Waals surface area (Å²) in [6.07, 6.45) is 4.55. The van der Waals surface area contributed by atoms with Gasteiger partial charge in [-0.15, -0.1) is 0 Å². The summed E-state index contributed by atoms with van der Waals surface area (Å²) in [4.78, 5) is 8.03. The lowest BCUT2D eigenvalue weighted by molar-refractivity contribution is -0.0368. The predicted octanol–water partition coefficient (Wildman–Crippen LogP) is 3.21. The third-order valence-corrected chi connectivity index (χ3v) is 5.13. The fourth-order valence-electron chi connectivity index (χ4n) is 3.11. The van der Waals surface area contributed by atoms with E-state index < -0.39 is 22.8 Å². The van der Waals surface area contributed by atoms with Crippen LogP contribution in [0.5, 0.6) is 0 Å². The summed E-state index contributed by atoms with van der Waals surface area (Å²) in [5.41, 5.74) is 0.599. The molecule has 1 aliphatic rings. The van der Waals surface area contributed by atoms with Crippen molar-refractivity contribution in [2.75, 3.05) is 12.9 Å². The zero-order valence-corrected chi connectivity index (χ0v) is 14.8. The molecule has 1 fully saturated rings. The Balaban J connectivity index is 1.91. The number of halogens is 2. The first-order valence-corrected chi connectivity index (χ1v) is 9.76. The Labute approximate surface area is 151 Å². The first kappa shape index (κ1) is 17.3. The van der Waals surface area contributed by atoms with Gasteiger partial charge in [-0.25, -0.2) is 14.1 Å². The quantitative estimate of drug-likeness (QED) is 0.517. The molecule has 4 rings (SSSR count). The highest BCUT2D eigenvalue weighted by Gasteiger charge is 2.26. The van der Waals surface area contributed by atoms with E-state index in [9.17, 15) is 13.3 Å². The summed E-state index contributed by atoms with van der Waals surface area (Å²) in [6.45, 7) is 0.585. The van der Waals surface area contributed by atoms with Crippen LogP contribution in [0, 0.1) is 11.6 Å². The van der Waals surface area contributed by atoms with Gasteiger partial charge < -0.3 is 9.29 Å². The molecule has 3 aromatic rings. The maximum atomic E-state index is 14.5. The summed E-state index contributed by atoms with van der Waals surface area (Å²) in [5.74, 6) is -1.08. The number of nitrogens with zero attached hydrogens (tertiary/aromatic N) is 4. The number of para-hydroxylation sites is 1. The van der Waals surface area contributed by atoms with E-state index in [-0.39, 0.29) is 17.1 Å². The van der Waals surface area contributed by atoms with Crippen molar-refractivity contribution in [3.8, 4) is 11.5 Å². The first-order chi connectivity index (χ1) is 12.6. The second-order valence-electron chi connectivity index (χ2n) is 6.05. The van der Waals surface area contributed by atoms with Crippen molar-refractivity contribution in [2.24, 2.45) is 0 Å². The highest BCUT2D eigenvalue weighted by Crippen LogP contribution is 2.33.